The molecule has 0 aliphatic carbocycles. The van der Waals surface area contributed by atoms with Gasteiger partial charge < -0.3 is 10.1 Å². The second-order valence-electron chi connectivity index (χ2n) is 5.04. The number of ether oxygens (including phenoxy) is 1. The number of piperidine rings is 1. The molecule has 2 rings (SSSR count). The lowest BCUT2D eigenvalue weighted by Crippen LogP contribution is -2.33. The smallest absolute Gasteiger partial charge is 0.213 e. The van der Waals surface area contributed by atoms with Gasteiger partial charge in [-0.25, -0.2) is 4.98 Å². The first-order valence-corrected chi connectivity index (χ1v) is 7.39. The number of rotatable bonds is 7. The minimum Gasteiger partial charge on any atom is -0.476 e. The lowest BCUT2D eigenvalue weighted by Gasteiger charge is -2.26. The van der Waals surface area contributed by atoms with Crippen molar-refractivity contribution in [3.63, 3.8) is 0 Å². The molecule has 106 valence electrons. The zero-order chi connectivity index (χ0) is 13.3. The Morgan fingerprint density at radius 3 is 2.79 bits per heavy atom. The van der Waals surface area contributed by atoms with E-state index in [1.807, 2.05) is 12.3 Å². The van der Waals surface area contributed by atoms with Gasteiger partial charge in [-0.3, -0.25) is 4.90 Å². The molecule has 19 heavy (non-hydrogen) atoms. The summed E-state index contributed by atoms with van der Waals surface area (Å²) in [4.78, 5) is 6.81. The van der Waals surface area contributed by atoms with Gasteiger partial charge in [-0.05, 0) is 38.0 Å². The standard InChI is InChI=1S/C15H25N3O/c1-2-16-12-14-6-7-15(17-13-14)19-11-10-18-8-4-3-5-9-18/h6-7,13,16H,2-5,8-12H2,1H3. The summed E-state index contributed by atoms with van der Waals surface area (Å²) in [7, 11) is 0. The summed E-state index contributed by atoms with van der Waals surface area (Å²) in [6.07, 6.45) is 5.93. The Balaban J connectivity index is 1.67. The van der Waals surface area contributed by atoms with Crippen molar-refractivity contribution in [2.75, 3.05) is 32.8 Å². The Labute approximate surface area is 116 Å². The molecule has 4 nitrogen and oxygen atoms in total. The summed E-state index contributed by atoms with van der Waals surface area (Å²) in [5.74, 6) is 0.734. The van der Waals surface area contributed by atoms with Crippen molar-refractivity contribution in [3.8, 4) is 5.88 Å². The van der Waals surface area contributed by atoms with Gasteiger partial charge >= 0.3 is 0 Å². The van der Waals surface area contributed by atoms with Crippen molar-refractivity contribution in [1.29, 1.82) is 0 Å². The Kier molecular flexibility index (Phi) is 6.11. The molecular weight excluding hydrogens is 238 g/mol. The molecule has 1 aromatic heterocycles. The number of nitrogens with one attached hydrogen (secondary N) is 1. The van der Waals surface area contributed by atoms with Crippen LogP contribution in [0.25, 0.3) is 0 Å². The number of aromatic nitrogens is 1. The first kappa shape index (κ1) is 14.3. The van der Waals surface area contributed by atoms with E-state index in [2.05, 4.69) is 28.2 Å². The van der Waals surface area contributed by atoms with E-state index >= 15 is 0 Å². The molecule has 1 aliphatic heterocycles. The van der Waals surface area contributed by atoms with Crippen molar-refractivity contribution in [2.45, 2.75) is 32.7 Å². The zero-order valence-electron chi connectivity index (χ0n) is 11.9. The van der Waals surface area contributed by atoms with Crippen LogP contribution in [0.3, 0.4) is 0 Å². The largest absolute Gasteiger partial charge is 0.476 e. The van der Waals surface area contributed by atoms with Crippen molar-refractivity contribution in [1.82, 2.24) is 15.2 Å². The third-order valence-corrected chi connectivity index (χ3v) is 3.48. The van der Waals surface area contributed by atoms with Crippen LogP contribution in [-0.2, 0) is 6.54 Å². The van der Waals surface area contributed by atoms with Crippen LogP contribution in [0.4, 0.5) is 0 Å². The molecule has 0 saturated carbocycles. The minimum absolute atomic E-state index is 0.734. The highest BCUT2D eigenvalue weighted by molar-refractivity contribution is 5.17. The van der Waals surface area contributed by atoms with Gasteiger partial charge in [0.15, 0.2) is 0 Å². The second-order valence-corrected chi connectivity index (χ2v) is 5.04. The summed E-state index contributed by atoms with van der Waals surface area (Å²) in [5, 5.41) is 3.28. The highest BCUT2D eigenvalue weighted by atomic mass is 16.5. The quantitative estimate of drug-likeness (QED) is 0.817. The maximum atomic E-state index is 5.70. The molecule has 2 heterocycles. The maximum Gasteiger partial charge on any atom is 0.213 e. The monoisotopic (exact) mass is 263 g/mol. The minimum atomic E-state index is 0.734. The highest BCUT2D eigenvalue weighted by Gasteiger charge is 2.09. The third-order valence-electron chi connectivity index (χ3n) is 3.48. The number of nitrogens with zero attached hydrogens (tertiary/aromatic N) is 2. The summed E-state index contributed by atoms with van der Waals surface area (Å²) in [6.45, 7) is 8.15. The van der Waals surface area contributed by atoms with E-state index in [-0.39, 0.29) is 0 Å². The fourth-order valence-corrected chi connectivity index (χ4v) is 2.33. The van der Waals surface area contributed by atoms with E-state index in [0.717, 1.165) is 32.1 Å². The van der Waals surface area contributed by atoms with Gasteiger partial charge in [0.25, 0.3) is 0 Å². The Bertz CT molecular complexity index is 347. The Hall–Kier alpha value is -1.13. The summed E-state index contributed by atoms with van der Waals surface area (Å²) >= 11 is 0. The van der Waals surface area contributed by atoms with Gasteiger partial charge in [0.05, 0.1) is 0 Å². The summed E-state index contributed by atoms with van der Waals surface area (Å²) in [5.41, 5.74) is 1.20. The normalized spacial score (nSPS) is 16.5. The molecule has 0 atom stereocenters. The summed E-state index contributed by atoms with van der Waals surface area (Å²) < 4.78 is 5.70. The molecule has 1 saturated heterocycles. The van der Waals surface area contributed by atoms with E-state index in [1.165, 1.54) is 37.9 Å². The molecule has 0 unspecified atom stereocenters. The van der Waals surface area contributed by atoms with Crippen molar-refractivity contribution >= 4 is 0 Å². The van der Waals surface area contributed by atoms with Crippen LogP contribution in [0, 0.1) is 0 Å². The molecule has 1 aliphatic rings. The Morgan fingerprint density at radius 2 is 2.11 bits per heavy atom. The van der Waals surface area contributed by atoms with Gasteiger partial charge in [0.2, 0.25) is 5.88 Å². The topological polar surface area (TPSA) is 37.4 Å². The predicted molar refractivity (Wildman–Crippen MR) is 77.4 cm³/mol. The molecule has 0 bridgehead atoms. The van der Waals surface area contributed by atoms with E-state index in [1.54, 1.807) is 0 Å². The number of hydrogen-bond donors (Lipinski definition) is 1. The molecule has 1 aromatic rings. The van der Waals surface area contributed by atoms with Crippen LogP contribution in [0.1, 0.15) is 31.7 Å². The van der Waals surface area contributed by atoms with Crippen LogP contribution >= 0.6 is 0 Å². The van der Waals surface area contributed by atoms with Gasteiger partial charge in [-0.2, -0.15) is 0 Å². The SMILES string of the molecule is CCNCc1ccc(OCCN2CCCCC2)nc1. The number of likely N-dealkylation sites (tertiary alicyclic amines) is 1. The summed E-state index contributed by atoms with van der Waals surface area (Å²) in [6, 6.07) is 4.04. The lowest BCUT2D eigenvalue weighted by atomic mass is 10.1. The molecule has 1 N–H and O–H groups in total. The third kappa shape index (κ3) is 5.17. The highest BCUT2D eigenvalue weighted by Crippen LogP contribution is 2.10. The van der Waals surface area contributed by atoms with Crippen molar-refractivity contribution < 1.29 is 4.74 Å². The number of hydrogen-bond acceptors (Lipinski definition) is 4. The average molecular weight is 263 g/mol. The van der Waals surface area contributed by atoms with E-state index in [4.69, 9.17) is 4.74 Å². The van der Waals surface area contributed by atoms with Crippen LogP contribution in [-0.4, -0.2) is 42.7 Å². The number of pyridine rings is 1. The molecule has 1 fully saturated rings. The van der Waals surface area contributed by atoms with E-state index in [9.17, 15) is 0 Å². The van der Waals surface area contributed by atoms with Crippen molar-refractivity contribution in [2.24, 2.45) is 0 Å². The molecular formula is C15H25N3O. The van der Waals surface area contributed by atoms with Gasteiger partial charge in [0, 0.05) is 25.4 Å². The second kappa shape index (κ2) is 8.12. The molecule has 0 spiro atoms. The first-order valence-electron chi connectivity index (χ1n) is 7.39. The lowest BCUT2D eigenvalue weighted by molar-refractivity contribution is 0.180. The molecule has 0 amide bonds. The molecule has 4 heteroatoms. The molecule has 0 aromatic carbocycles. The first-order chi connectivity index (χ1) is 9.38. The van der Waals surface area contributed by atoms with Crippen LogP contribution in [0.2, 0.25) is 0 Å². The van der Waals surface area contributed by atoms with E-state index < -0.39 is 0 Å². The maximum absolute atomic E-state index is 5.70. The predicted octanol–water partition coefficient (Wildman–Crippen LogP) is 2.06. The Morgan fingerprint density at radius 1 is 1.26 bits per heavy atom. The molecule has 0 radical (unpaired) electrons. The average Bonchev–Trinajstić information content (AvgIpc) is 2.47. The van der Waals surface area contributed by atoms with Gasteiger partial charge in [-0.15, -0.1) is 0 Å². The van der Waals surface area contributed by atoms with Gasteiger partial charge in [-0.1, -0.05) is 19.4 Å². The fraction of sp³-hybridized carbons (Fsp3) is 0.667. The zero-order valence-corrected chi connectivity index (χ0v) is 11.9. The van der Waals surface area contributed by atoms with Crippen LogP contribution < -0.4 is 10.1 Å². The van der Waals surface area contributed by atoms with E-state index in [0.29, 0.717) is 0 Å². The fourth-order valence-electron chi connectivity index (χ4n) is 2.33. The van der Waals surface area contributed by atoms with Crippen LogP contribution in [0.5, 0.6) is 5.88 Å². The van der Waals surface area contributed by atoms with Crippen LogP contribution in [0.15, 0.2) is 18.3 Å². The van der Waals surface area contributed by atoms with Gasteiger partial charge in [0.1, 0.15) is 6.61 Å². The van der Waals surface area contributed by atoms with Crippen molar-refractivity contribution in [3.05, 3.63) is 23.9 Å².